The summed E-state index contributed by atoms with van der Waals surface area (Å²) in [5.74, 6) is 0.170. The Morgan fingerprint density at radius 3 is 2.53 bits per heavy atom. The van der Waals surface area contributed by atoms with Gasteiger partial charge in [0.1, 0.15) is 0 Å². The van der Waals surface area contributed by atoms with E-state index in [1.807, 2.05) is 0 Å². The van der Waals surface area contributed by atoms with Crippen molar-refractivity contribution in [2.75, 3.05) is 26.2 Å². The van der Waals surface area contributed by atoms with Gasteiger partial charge >= 0.3 is 0 Å². The SMILES string of the molecule is CC(C)(C)CCC(=O)NCCCN1CCC(O)CC1. The minimum absolute atomic E-state index is 0.103. The average Bonchev–Trinajstić information content (AvgIpc) is 2.33. The van der Waals surface area contributed by atoms with Crippen LogP contribution >= 0.6 is 0 Å². The molecule has 1 aliphatic heterocycles. The smallest absolute Gasteiger partial charge is 0.220 e. The van der Waals surface area contributed by atoms with Gasteiger partial charge < -0.3 is 15.3 Å². The lowest BCUT2D eigenvalue weighted by atomic mass is 9.90. The van der Waals surface area contributed by atoms with Crippen molar-refractivity contribution in [3.05, 3.63) is 0 Å². The molecule has 112 valence electrons. The van der Waals surface area contributed by atoms with E-state index >= 15 is 0 Å². The fourth-order valence-electron chi connectivity index (χ4n) is 2.25. The Morgan fingerprint density at radius 1 is 1.32 bits per heavy atom. The van der Waals surface area contributed by atoms with Crippen molar-refractivity contribution < 1.29 is 9.90 Å². The molecule has 1 amide bonds. The number of carbonyl (C=O) groups is 1. The summed E-state index contributed by atoms with van der Waals surface area (Å²) in [6.07, 6.45) is 4.23. The molecule has 19 heavy (non-hydrogen) atoms. The summed E-state index contributed by atoms with van der Waals surface area (Å²) >= 11 is 0. The van der Waals surface area contributed by atoms with Crippen molar-refractivity contribution in [3.8, 4) is 0 Å². The van der Waals surface area contributed by atoms with Crippen LogP contribution in [0.1, 0.15) is 52.9 Å². The lowest BCUT2D eigenvalue weighted by Gasteiger charge is -2.29. The number of nitrogens with one attached hydrogen (secondary N) is 1. The predicted molar refractivity (Wildman–Crippen MR) is 78.0 cm³/mol. The maximum absolute atomic E-state index is 11.6. The minimum atomic E-state index is -0.103. The minimum Gasteiger partial charge on any atom is -0.393 e. The lowest BCUT2D eigenvalue weighted by Crippen LogP contribution is -2.37. The molecule has 2 N–H and O–H groups in total. The van der Waals surface area contributed by atoms with Gasteiger partial charge in [0.05, 0.1) is 6.10 Å². The summed E-state index contributed by atoms with van der Waals surface area (Å²) in [6, 6.07) is 0. The fraction of sp³-hybridized carbons (Fsp3) is 0.933. The van der Waals surface area contributed by atoms with E-state index in [-0.39, 0.29) is 17.4 Å². The van der Waals surface area contributed by atoms with Crippen LogP contribution in [0.3, 0.4) is 0 Å². The zero-order chi connectivity index (χ0) is 14.3. The third-order valence-corrected chi connectivity index (χ3v) is 3.63. The molecule has 0 saturated carbocycles. The van der Waals surface area contributed by atoms with Crippen molar-refractivity contribution in [1.29, 1.82) is 0 Å². The highest BCUT2D eigenvalue weighted by molar-refractivity contribution is 5.75. The van der Waals surface area contributed by atoms with Gasteiger partial charge in [-0.2, -0.15) is 0 Å². The summed E-state index contributed by atoms with van der Waals surface area (Å²) in [4.78, 5) is 14.0. The van der Waals surface area contributed by atoms with Gasteiger partial charge in [0.2, 0.25) is 5.91 Å². The van der Waals surface area contributed by atoms with Crippen LogP contribution in [0.5, 0.6) is 0 Å². The van der Waals surface area contributed by atoms with Crippen LogP contribution in [-0.2, 0) is 4.79 Å². The van der Waals surface area contributed by atoms with Crippen LogP contribution in [-0.4, -0.2) is 48.2 Å². The first kappa shape index (κ1) is 16.4. The van der Waals surface area contributed by atoms with E-state index in [1.165, 1.54) is 0 Å². The van der Waals surface area contributed by atoms with Gasteiger partial charge in [-0.25, -0.2) is 0 Å². The Kier molecular flexibility index (Phi) is 6.80. The highest BCUT2D eigenvalue weighted by Gasteiger charge is 2.16. The third kappa shape index (κ3) is 8.22. The lowest BCUT2D eigenvalue weighted by molar-refractivity contribution is -0.121. The molecule has 0 bridgehead atoms. The largest absolute Gasteiger partial charge is 0.393 e. The van der Waals surface area contributed by atoms with E-state index in [0.29, 0.717) is 6.42 Å². The second-order valence-electron chi connectivity index (χ2n) is 6.84. The Labute approximate surface area is 117 Å². The molecule has 4 nitrogen and oxygen atoms in total. The molecule has 0 aromatic carbocycles. The number of nitrogens with zero attached hydrogens (tertiary/aromatic N) is 1. The first-order valence-electron chi connectivity index (χ1n) is 7.54. The van der Waals surface area contributed by atoms with Crippen LogP contribution in [0, 0.1) is 5.41 Å². The molecular formula is C15H30N2O2. The van der Waals surface area contributed by atoms with Crippen molar-refractivity contribution in [1.82, 2.24) is 10.2 Å². The second-order valence-corrected chi connectivity index (χ2v) is 6.84. The van der Waals surface area contributed by atoms with Gasteiger partial charge in [-0.05, 0) is 37.6 Å². The first-order valence-corrected chi connectivity index (χ1v) is 7.54. The molecule has 1 aliphatic rings. The fourth-order valence-corrected chi connectivity index (χ4v) is 2.25. The molecule has 0 unspecified atom stereocenters. The number of aliphatic hydroxyl groups is 1. The van der Waals surface area contributed by atoms with Crippen LogP contribution in [0.25, 0.3) is 0 Å². The zero-order valence-corrected chi connectivity index (χ0v) is 12.7. The quantitative estimate of drug-likeness (QED) is 0.723. The normalized spacial score (nSPS) is 18.5. The van der Waals surface area contributed by atoms with E-state index < -0.39 is 0 Å². The maximum Gasteiger partial charge on any atom is 0.220 e. The number of hydrogen-bond acceptors (Lipinski definition) is 3. The molecule has 0 spiro atoms. The second kappa shape index (κ2) is 7.85. The molecule has 1 rings (SSSR count). The Balaban J connectivity index is 2.00. The van der Waals surface area contributed by atoms with E-state index in [9.17, 15) is 9.90 Å². The number of aliphatic hydroxyl groups excluding tert-OH is 1. The maximum atomic E-state index is 11.6. The molecule has 1 fully saturated rings. The van der Waals surface area contributed by atoms with Crippen LogP contribution in [0.15, 0.2) is 0 Å². The van der Waals surface area contributed by atoms with Gasteiger partial charge in [0, 0.05) is 26.1 Å². The molecule has 1 heterocycles. The van der Waals surface area contributed by atoms with Crippen LogP contribution in [0.2, 0.25) is 0 Å². The number of rotatable bonds is 6. The molecule has 0 radical (unpaired) electrons. The zero-order valence-electron chi connectivity index (χ0n) is 12.7. The average molecular weight is 270 g/mol. The summed E-state index contributed by atoms with van der Waals surface area (Å²) in [6.45, 7) is 10.2. The highest BCUT2D eigenvalue weighted by Crippen LogP contribution is 2.20. The monoisotopic (exact) mass is 270 g/mol. The van der Waals surface area contributed by atoms with Gasteiger partial charge in [-0.3, -0.25) is 4.79 Å². The van der Waals surface area contributed by atoms with E-state index in [1.54, 1.807) is 0 Å². The Morgan fingerprint density at radius 2 is 1.95 bits per heavy atom. The number of hydrogen-bond donors (Lipinski definition) is 2. The van der Waals surface area contributed by atoms with Crippen molar-refractivity contribution in [2.24, 2.45) is 5.41 Å². The van der Waals surface area contributed by atoms with Crippen LogP contribution < -0.4 is 5.32 Å². The number of likely N-dealkylation sites (tertiary alicyclic amines) is 1. The van der Waals surface area contributed by atoms with Gasteiger partial charge in [0.15, 0.2) is 0 Å². The van der Waals surface area contributed by atoms with E-state index in [4.69, 9.17) is 0 Å². The third-order valence-electron chi connectivity index (χ3n) is 3.63. The molecule has 1 saturated heterocycles. The first-order chi connectivity index (χ1) is 8.87. The summed E-state index contributed by atoms with van der Waals surface area (Å²) in [5.41, 5.74) is 0.228. The molecule has 0 aliphatic carbocycles. The molecule has 0 atom stereocenters. The van der Waals surface area contributed by atoms with Crippen molar-refractivity contribution in [2.45, 2.75) is 59.0 Å². The van der Waals surface area contributed by atoms with E-state index in [2.05, 4.69) is 31.0 Å². The topological polar surface area (TPSA) is 52.6 Å². The Hall–Kier alpha value is -0.610. The summed E-state index contributed by atoms with van der Waals surface area (Å²) < 4.78 is 0. The van der Waals surface area contributed by atoms with Gasteiger partial charge in [-0.1, -0.05) is 20.8 Å². The Bertz CT molecular complexity index is 266. The molecular weight excluding hydrogens is 240 g/mol. The molecule has 0 aromatic heterocycles. The predicted octanol–water partition coefficient (Wildman–Crippen LogP) is 1.78. The van der Waals surface area contributed by atoms with Crippen molar-refractivity contribution in [3.63, 3.8) is 0 Å². The molecule has 0 aromatic rings. The number of amides is 1. The summed E-state index contributed by atoms with van der Waals surface area (Å²) in [5, 5.41) is 12.4. The number of piperidine rings is 1. The molecule has 4 heteroatoms. The van der Waals surface area contributed by atoms with Crippen molar-refractivity contribution >= 4 is 5.91 Å². The van der Waals surface area contributed by atoms with Gasteiger partial charge in [0.25, 0.3) is 0 Å². The highest BCUT2D eigenvalue weighted by atomic mass is 16.3. The summed E-state index contributed by atoms with van der Waals surface area (Å²) in [7, 11) is 0. The van der Waals surface area contributed by atoms with Gasteiger partial charge in [-0.15, -0.1) is 0 Å². The number of carbonyl (C=O) groups excluding carboxylic acids is 1. The van der Waals surface area contributed by atoms with E-state index in [0.717, 1.165) is 51.9 Å². The van der Waals surface area contributed by atoms with Crippen LogP contribution in [0.4, 0.5) is 0 Å². The standard InChI is InChI=1S/C15H30N2O2/c1-15(2,3)8-5-14(19)16-9-4-10-17-11-6-13(18)7-12-17/h13,18H,4-12H2,1-3H3,(H,16,19).